The second-order valence-electron chi connectivity index (χ2n) is 5.40. The van der Waals surface area contributed by atoms with Crippen LogP contribution in [0.15, 0.2) is 29.6 Å². The van der Waals surface area contributed by atoms with E-state index in [0.717, 1.165) is 31.6 Å². The SMILES string of the molecule is Cc1csc(C2CCN(C(=O)c3cccc(Cl)c3)CC2)n1. The first-order valence-electron chi connectivity index (χ1n) is 7.10. The number of rotatable bonds is 2. The minimum Gasteiger partial charge on any atom is -0.339 e. The van der Waals surface area contributed by atoms with Gasteiger partial charge in [-0.2, -0.15) is 0 Å². The van der Waals surface area contributed by atoms with Crippen LogP contribution in [-0.2, 0) is 0 Å². The standard InChI is InChI=1S/C16H17ClN2OS/c1-11-10-21-15(18-11)12-5-7-19(8-6-12)16(20)13-3-2-4-14(17)9-13/h2-4,9-10,12H,5-8H2,1H3. The number of halogens is 1. The molecule has 1 aromatic carbocycles. The highest BCUT2D eigenvalue weighted by Gasteiger charge is 2.26. The summed E-state index contributed by atoms with van der Waals surface area (Å²) in [6, 6.07) is 7.17. The molecule has 1 aliphatic rings. The molecule has 1 aromatic heterocycles. The molecule has 1 saturated heterocycles. The summed E-state index contributed by atoms with van der Waals surface area (Å²) < 4.78 is 0. The third kappa shape index (κ3) is 3.27. The molecular weight excluding hydrogens is 304 g/mol. The van der Waals surface area contributed by atoms with E-state index in [1.807, 2.05) is 24.0 Å². The third-order valence-electron chi connectivity index (χ3n) is 3.84. The van der Waals surface area contributed by atoms with Gasteiger partial charge in [-0.1, -0.05) is 17.7 Å². The first-order valence-corrected chi connectivity index (χ1v) is 8.36. The van der Waals surface area contributed by atoms with Crippen molar-refractivity contribution in [3.05, 3.63) is 50.9 Å². The van der Waals surface area contributed by atoms with Gasteiger partial charge in [0.15, 0.2) is 0 Å². The van der Waals surface area contributed by atoms with E-state index in [4.69, 9.17) is 11.6 Å². The van der Waals surface area contributed by atoms with Crippen molar-refractivity contribution in [1.82, 2.24) is 9.88 Å². The fraction of sp³-hybridized carbons (Fsp3) is 0.375. The van der Waals surface area contributed by atoms with Crippen LogP contribution in [0.1, 0.15) is 39.8 Å². The molecule has 3 rings (SSSR count). The Hall–Kier alpha value is -1.39. The van der Waals surface area contributed by atoms with E-state index in [2.05, 4.69) is 10.4 Å². The van der Waals surface area contributed by atoms with Crippen LogP contribution in [0.4, 0.5) is 0 Å². The highest BCUT2D eigenvalue weighted by Crippen LogP contribution is 2.30. The Bertz CT molecular complexity index is 647. The lowest BCUT2D eigenvalue weighted by molar-refractivity contribution is 0.0713. The average molecular weight is 321 g/mol. The molecule has 0 saturated carbocycles. The minimum absolute atomic E-state index is 0.0752. The summed E-state index contributed by atoms with van der Waals surface area (Å²) >= 11 is 7.69. The fourth-order valence-electron chi connectivity index (χ4n) is 2.69. The van der Waals surface area contributed by atoms with Crippen molar-refractivity contribution in [1.29, 1.82) is 0 Å². The van der Waals surface area contributed by atoms with Crippen LogP contribution in [0.25, 0.3) is 0 Å². The van der Waals surface area contributed by atoms with Gasteiger partial charge in [0.25, 0.3) is 5.91 Å². The lowest BCUT2D eigenvalue weighted by Crippen LogP contribution is -2.37. The topological polar surface area (TPSA) is 33.2 Å². The molecule has 0 aliphatic carbocycles. The van der Waals surface area contributed by atoms with Crippen LogP contribution < -0.4 is 0 Å². The Morgan fingerprint density at radius 1 is 1.38 bits per heavy atom. The third-order valence-corrected chi connectivity index (χ3v) is 5.20. The van der Waals surface area contributed by atoms with Crippen LogP contribution >= 0.6 is 22.9 Å². The van der Waals surface area contributed by atoms with Crippen molar-refractivity contribution in [2.75, 3.05) is 13.1 Å². The lowest BCUT2D eigenvalue weighted by Gasteiger charge is -2.31. The molecule has 1 fully saturated rings. The highest BCUT2D eigenvalue weighted by atomic mass is 35.5. The first-order chi connectivity index (χ1) is 10.1. The molecule has 1 aliphatic heterocycles. The number of hydrogen-bond donors (Lipinski definition) is 0. The average Bonchev–Trinajstić information content (AvgIpc) is 2.93. The predicted octanol–water partition coefficient (Wildman–Crippen LogP) is 4.12. The van der Waals surface area contributed by atoms with Crippen LogP contribution in [-0.4, -0.2) is 28.9 Å². The second kappa shape index (κ2) is 6.16. The van der Waals surface area contributed by atoms with E-state index in [-0.39, 0.29) is 5.91 Å². The summed E-state index contributed by atoms with van der Waals surface area (Å²) in [6.45, 7) is 3.60. The van der Waals surface area contributed by atoms with Gasteiger partial charge in [-0.15, -0.1) is 11.3 Å². The van der Waals surface area contributed by atoms with E-state index < -0.39 is 0 Å². The van der Waals surface area contributed by atoms with Gasteiger partial charge in [-0.3, -0.25) is 4.79 Å². The number of aromatic nitrogens is 1. The van der Waals surface area contributed by atoms with Gasteiger partial charge in [0.1, 0.15) is 0 Å². The summed E-state index contributed by atoms with van der Waals surface area (Å²) in [5, 5.41) is 3.91. The number of aryl methyl sites for hydroxylation is 1. The second-order valence-corrected chi connectivity index (χ2v) is 6.73. The molecule has 110 valence electrons. The molecule has 1 amide bonds. The molecule has 0 radical (unpaired) electrons. The molecule has 2 heterocycles. The number of amides is 1. The number of piperidine rings is 1. The zero-order valence-corrected chi connectivity index (χ0v) is 13.5. The van der Waals surface area contributed by atoms with Crippen LogP contribution in [0.5, 0.6) is 0 Å². The van der Waals surface area contributed by atoms with Gasteiger partial charge in [-0.25, -0.2) is 4.98 Å². The van der Waals surface area contributed by atoms with Crippen LogP contribution in [0, 0.1) is 6.92 Å². The molecule has 5 heteroatoms. The Kier molecular flexibility index (Phi) is 4.27. The van der Waals surface area contributed by atoms with E-state index in [9.17, 15) is 4.79 Å². The van der Waals surface area contributed by atoms with Crippen molar-refractivity contribution >= 4 is 28.8 Å². The highest BCUT2D eigenvalue weighted by molar-refractivity contribution is 7.09. The Balaban J connectivity index is 1.64. The molecule has 21 heavy (non-hydrogen) atoms. The minimum atomic E-state index is 0.0752. The summed E-state index contributed by atoms with van der Waals surface area (Å²) in [6.07, 6.45) is 1.97. The van der Waals surface area contributed by atoms with E-state index >= 15 is 0 Å². The number of nitrogens with zero attached hydrogens (tertiary/aromatic N) is 2. The number of benzene rings is 1. The number of carbonyl (C=O) groups excluding carboxylic acids is 1. The van der Waals surface area contributed by atoms with Gasteiger partial charge < -0.3 is 4.90 Å². The number of thiazole rings is 1. The molecule has 0 bridgehead atoms. The molecule has 0 N–H and O–H groups in total. The van der Waals surface area contributed by atoms with Gasteiger partial charge >= 0.3 is 0 Å². The Morgan fingerprint density at radius 3 is 2.76 bits per heavy atom. The predicted molar refractivity (Wildman–Crippen MR) is 86.2 cm³/mol. The maximum Gasteiger partial charge on any atom is 0.253 e. The van der Waals surface area contributed by atoms with Crippen molar-refractivity contribution in [2.24, 2.45) is 0 Å². The van der Waals surface area contributed by atoms with E-state index in [0.29, 0.717) is 16.5 Å². The fourth-order valence-corrected chi connectivity index (χ4v) is 3.85. The molecule has 0 spiro atoms. The maximum absolute atomic E-state index is 12.5. The number of likely N-dealkylation sites (tertiary alicyclic amines) is 1. The monoisotopic (exact) mass is 320 g/mol. The quantitative estimate of drug-likeness (QED) is 0.833. The summed E-state index contributed by atoms with van der Waals surface area (Å²) in [7, 11) is 0. The normalized spacial score (nSPS) is 16.2. The summed E-state index contributed by atoms with van der Waals surface area (Å²) in [5.74, 6) is 0.568. The van der Waals surface area contributed by atoms with E-state index in [1.165, 1.54) is 5.01 Å². The zero-order valence-electron chi connectivity index (χ0n) is 11.9. The number of hydrogen-bond acceptors (Lipinski definition) is 3. The molecule has 0 unspecified atom stereocenters. The first kappa shape index (κ1) is 14.5. The van der Waals surface area contributed by atoms with Crippen molar-refractivity contribution in [3.63, 3.8) is 0 Å². The molecule has 3 nitrogen and oxygen atoms in total. The van der Waals surface area contributed by atoms with Crippen molar-refractivity contribution < 1.29 is 4.79 Å². The van der Waals surface area contributed by atoms with Gasteiger partial charge in [0.05, 0.1) is 5.01 Å². The Labute approximate surface area is 133 Å². The van der Waals surface area contributed by atoms with Crippen molar-refractivity contribution in [3.8, 4) is 0 Å². The maximum atomic E-state index is 12.5. The largest absolute Gasteiger partial charge is 0.339 e. The van der Waals surface area contributed by atoms with Gasteiger partial charge in [-0.05, 0) is 38.0 Å². The molecular formula is C16H17ClN2OS. The van der Waals surface area contributed by atoms with Crippen LogP contribution in [0.3, 0.4) is 0 Å². The van der Waals surface area contributed by atoms with Crippen LogP contribution in [0.2, 0.25) is 5.02 Å². The summed E-state index contributed by atoms with van der Waals surface area (Å²) in [4.78, 5) is 18.9. The summed E-state index contributed by atoms with van der Waals surface area (Å²) in [5.41, 5.74) is 1.76. The smallest absolute Gasteiger partial charge is 0.253 e. The van der Waals surface area contributed by atoms with Crippen molar-refractivity contribution in [2.45, 2.75) is 25.7 Å². The lowest BCUT2D eigenvalue weighted by atomic mass is 9.97. The molecule has 2 aromatic rings. The van der Waals surface area contributed by atoms with Gasteiger partial charge in [0.2, 0.25) is 0 Å². The zero-order chi connectivity index (χ0) is 14.8. The Morgan fingerprint density at radius 2 is 2.14 bits per heavy atom. The van der Waals surface area contributed by atoms with E-state index in [1.54, 1.807) is 23.5 Å². The van der Waals surface area contributed by atoms with Gasteiger partial charge in [0, 0.05) is 40.7 Å². The molecule has 0 atom stereocenters. The number of carbonyl (C=O) groups is 1.